The number of nitrogens with one attached hydrogen (secondary N) is 1. The molecule has 0 atom stereocenters. The zero-order valence-electron chi connectivity index (χ0n) is 9.74. The van der Waals surface area contributed by atoms with Crippen molar-refractivity contribution in [3.05, 3.63) is 43.0 Å². The molecule has 1 N–H and O–H groups in total. The molecule has 0 saturated carbocycles. The lowest BCUT2D eigenvalue weighted by Gasteiger charge is -2.28. The van der Waals surface area contributed by atoms with Crippen molar-refractivity contribution < 1.29 is 4.48 Å². The molecule has 1 aromatic rings. The van der Waals surface area contributed by atoms with Crippen LogP contribution >= 0.6 is 0 Å². The average molecular weight is 205 g/mol. The Labute approximate surface area is 92.8 Å². The third-order valence-corrected chi connectivity index (χ3v) is 2.44. The van der Waals surface area contributed by atoms with Gasteiger partial charge in [0.25, 0.3) is 0 Å². The maximum atomic E-state index is 3.78. The van der Waals surface area contributed by atoms with Crippen molar-refractivity contribution in [1.29, 1.82) is 0 Å². The topological polar surface area (TPSA) is 12.0 Å². The van der Waals surface area contributed by atoms with Crippen molar-refractivity contribution in [3.8, 4) is 0 Å². The quantitative estimate of drug-likeness (QED) is 0.555. The molecule has 0 aliphatic carbocycles. The Morgan fingerprint density at radius 3 is 2.53 bits per heavy atom. The van der Waals surface area contributed by atoms with Crippen LogP contribution in [0.25, 0.3) is 0 Å². The highest BCUT2D eigenvalue weighted by Crippen LogP contribution is 2.05. The number of likely N-dealkylation sites (N-methyl/N-ethyl adjacent to an activating group) is 1. The maximum absolute atomic E-state index is 3.78. The van der Waals surface area contributed by atoms with Crippen LogP contribution in [-0.4, -0.2) is 38.2 Å². The summed E-state index contributed by atoms with van der Waals surface area (Å²) in [6.07, 6.45) is 1.97. The Bertz CT molecular complexity index is 291. The molecule has 0 fully saturated rings. The van der Waals surface area contributed by atoms with E-state index < -0.39 is 0 Å². The van der Waals surface area contributed by atoms with Crippen molar-refractivity contribution in [2.24, 2.45) is 0 Å². The van der Waals surface area contributed by atoms with Crippen LogP contribution in [0, 0.1) is 0 Å². The number of nitrogens with zero attached hydrogens (tertiary/aromatic N) is 1. The molecule has 0 aromatic heterocycles. The van der Waals surface area contributed by atoms with Gasteiger partial charge in [0.2, 0.25) is 0 Å². The minimum Gasteiger partial charge on any atom is -0.379 e. The molecule has 2 nitrogen and oxygen atoms in total. The van der Waals surface area contributed by atoms with Crippen LogP contribution < -0.4 is 5.32 Å². The first kappa shape index (κ1) is 11.8. The first-order chi connectivity index (χ1) is 7.14. The molecule has 0 spiro atoms. The second kappa shape index (κ2) is 5.56. The number of quaternary nitrogens is 1. The van der Waals surface area contributed by atoms with Gasteiger partial charge in [-0.2, -0.15) is 0 Å². The van der Waals surface area contributed by atoms with Gasteiger partial charge in [0.05, 0.1) is 33.7 Å². The van der Waals surface area contributed by atoms with Crippen LogP contribution in [0.4, 0.5) is 5.69 Å². The molecule has 0 radical (unpaired) electrons. The molecule has 1 rings (SSSR count). The number of para-hydroxylation sites is 1. The van der Waals surface area contributed by atoms with Crippen LogP contribution in [-0.2, 0) is 0 Å². The SMILES string of the molecule is C=CC[N+](C)(C)CCNc1ccccc1. The van der Waals surface area contributed by atoms with Crippen molar-refractivity contribution in [1.82, 2.24) is 0 Å². The maximum Gasteiger partial charge on any atom is 0.0967 e. The predicted octanol–water partition coefficient (Wildman–Crippen LogP) is 2.36. The molecular weight excluding hydrogens is 184 g/mol. The molecule has 0 aliphatic heterocycles. The Hall–Kier alpha value is -1.28. The summed E-state index contributed by atoms with van der Waals surface area (Å²) in [7, 11) is 4.43. The Morgan fingerprint density at radius 1 is 1.27 bits per heavy atom. The molecule has 2 heteroatoms. The van der Waals surface area contributed by atoms with Crippen LogP contribution in [0.2, 0.25) is 0 Å². The molecule has 0 unspecified atom stereocenters. The summed E-state index contributed by atoms with van der Waals surface area (Å²) in [5.74, 6) is 0. The molecule has 0 amide bonds. The smallest absolute Gasteiger partial charge is 0.0967 e. The molecule has 0 saturated heterocycles. The van der Waals surface area contributed by atoms with E-state index in [1.165, 1.54) is 5.69 Å². The van der Waals surface area contributed by atoms with Crippen LogP contribution in [0.5, 0.6) is 0 Å². The van der Waals surface area contributed by atoms with E-state index in [0.29, 0.717) is 0 Å². The second-order valence-corrected chi connectivity index (χ2v) is 4.42. The van der Waals surface area contributed by atoms with E-state index in [0.717, 1.165) is 24.1 Å². The minimum absolute atomic E-state index is 0.976. The molecule has 1 aromatic carbocycles. The summed E-state index contributed by atoms with van der Waals surface area (Å²) in [6, 6.07) is 10.3. The van der Waals surface area contributed by atoms with Gasteiger partial charge in [-0.1, -0.05) is 24.8 Å². The highest BCUT2D eigenvalue weighted by molar-refractivity contribution is 5.42. The van der Waals surface area contributed by atoms with Crippen molar-refractivity contribution in [3.63, 3.8) is 0 Å². The van der Waals surface area contributed by atoms with Gasteiger partial charge in [-0.15, -0.1) is 0 Å². The molecular formula is C13H21N2+. The Balaban J connectivity index is 2.30. The lowest BCUT2D eigenvalue weighted by atomic mass is 10.3. The molecule has 0 heterocycles. The summed E-state index contributed by atoms with van der Waals surface area (Å²) in [4.78, 5) is 0. The second-order valence-electron chi connectivity index (χ2n) is 4.42. The lowest BCUT2D eigenvalue weighted by Crippen LogP contribution is -2.43. The predicted molar refractivity (Wildman–Crippen MR) is 67.0 cm³/mol. The third-order valence-electron chi connectivity index (χ3n) is 2.44. The first-order valence-electron chi connectivity index (χ1n) is 5.36. The normalized spacial score (nSPS) is 11.1. The van der Waals surface area contributed by atoms with Gasteiger partial charge in [-0.3, -0.25) is 0 Å². The standard InChI is InChI=1S/C13H21N2/c1-4-11-15(2,3)12-10-14-13-8-6-5-7-9-13/h4-9,14H,1,10-12H2,2-3H3/q+1. The van der Waals surface area contributed by atoms with Gasteiger partial charge in [0.15, 0.2) is 0 Å². The van der Waals surface area contributed by atoms with E-state index in [2.05, 4.69) is 38.1 Å². The van der Waals surface area contributed by atoms with Gasteiger partial charge in [0, 0.05) is 5.69 Å². The molecule has 82 valence electrons. The summed E-state index contributed by atoms with van der Waals surface area (Å²) in [6.45, 7) is 6.88. The Morgan fingerprint density at radius 2 is 1.93 bits per heavy atom. The lowest BCUT2D eigenvalue weighted by molar-refractivity contribution is -0.882. The van der Waals surface area contributed by atoms with Gasteiger partial charge in [-0.05, 0) is 18.2 Å². The zero-order chi connectivity index (χ0) is 11.1. The number of hydrogen-bond donors (Lipinski definition) is 1. The fourth-order valence-corrected chi connectivity index (χ4v) is 1.50. The van der Waals surface area contributed by atoms with Crippen molar-refractivity contribution in [2.45, 2.75) is 0 Å². The summed E-state index contributed by atoms with van der Waals surface area (Å²) < 4.78 is 0.976. The van der Waals surface area contributed by atoms with E-state index in [9.17, 15) is 0 Å². The fraction of sp³-hybridized carbons (Fsp3) is 0.385. The van der Waals surface area contributed by atoms with Crippen LogP contribution in [0.1, 0.15) is 0 Å². The van der Waals surface area contributed by atoms with Gasteiger partial charge >= 0.3 is 0 Å². The monoisotopic (exact) mass is 205 g/mol. The number of rotatable bonds is 6. The fourth-order valence-electron chi connectivity index (χ4n) is 1.50. The first-order valence-corrected chi connectivity index (χ1v) is 5.36. The molecule has 0 bridgehead atoms. The Kier molecular flexibility index (Phi) is 4.37. The summed E-state index contributed by atoms with van der Waals surface area (Å²) in [5, 5.41) is 3.41. The highest BCUT2D eigenvalue weighted by atomic mass is 15.3. The van der Waals surface area contributed by atoms with E-state index in [-0.39, 0.29) is 0 Å². The van der Waals surface area contributed by atoms with Crippen LogP contribution in [0.3, 0.4) is 0 Å². The zero-order valence-corrected chi connectivity index (χ0v) is 9.74. The van der Waals surface area contributed by atoms with Crippen LogP contribution in [0.15, 0.2) is 43.0 Å². The van der Waals surface area contributed by atoms with Gasteiger partial charge in [-0.25, -0.2) is 0 Å². The highest BCUT2D eigenvalue weighted by Gasteiger charge is 2.11. The van der Waals surface area contributed by atoms with Gasteiger partial charge < -0.3 is 9.80 Å². The molecule has 15 heavy (non-hydrogen) atoms. The van der Waals surface area contributed by atoms with Crippen molar-refractivity contribution in [2.75, 3.05) is 39.0 Å². The number of hydrogen-bond acceptors (Lipinski definition) is 1. The van der Waals surface area contributed by atoms with E-state index in [1.807, 2.05) is 24.3 Å². The van der Waals surface area contributed by atoms with Crippen molar-refractivity contribution >= 4 is 5.69 Å². The van der Waals surface area contributed by atoms with E-state index in [4.69, 9.17) is 0 Å². The number of benzene rings is 1. The largest absolute Gasteiger partial charge is 0.379 e. The summed E-state index contributed by atoms with van der Waals surface area (Å²) >= 11 is 0. The summed E-state index contributed by atoms with van der Waals surface area (Å²) in [5.41, 5.74) is 1.19. The third kappa shape index (κ3) is 4.66. The molecule has 0 aliphatic rings. The van der Waals surface area contributed by atoms with E-state index >= 15 is 0 Å². The van der Waals surface area contributed by atoms with E-state index in [1.54, 1.807) is 0 Å². The van der Waals surface area contributed by atoms with Gasteiger partial charge in [0.1, 0.15) is 0 Å². The minimum atomic E-state index is 0.976. The average Bonchev–Trinajstić information content (AvgIpc) is 2.19. The number of anilines is 1.